The van der Waals surface area contributed by atoms with Crippen LogP contribution in [0.5, 0.6) is 5.75 Å². The smallest absolute Gasteiger partial charge is 0.150 e. The number of ether oxygens (including phenoxy) is 1. The van der Waals surface area contributed by atoms with Crippen LogP contribution in [0.4, 0.5) is 0 Å². The molecule has 0 fully saturated rings. The molecule has 0 aromatic heterocycles. The molecule has 0 aliphatic heterocycles. The Morgan fingerprint density at radius 1 is 1.00 bits per heavy atom. The fraction of sp³-hybridized carbons (Fsp3) is 0.667. The molecule has 1 atom stereocenters. The van der Waals surface area contributed by atoms with Gasteiger partial charge in [-0.05, 0) is 65.5 Å². The van der Waals surface area contributed by atoms with E-state index < -0.39 is 0 Å². The number of aryl methyl sites for hydroxylation is 1. The first-order valence-corrected chi connectivity index (χ1v) is 10.1. The largest absolute Gasteiger partial charge is 0.480 e. The van der Waals surface area contributed by atoms with Gasteiger partial charge in [-0.3, -0.25) is 0 Å². The molecule has 0 spiro atoms. The highest BCUT2D eigenvalue weighted by atomic mass is 127. The van der Waals surface area contributed by atoms with Crippen LogP contribution in [0.2, 0.25) is 0 Å². The van der Waals surface area contributed by atoms with Gasteiger partial charge in [0, 0.05) is 12.3 Å². The van der Waals surface area contributed by atoms with Crippen LogP contribution in [0.1, 0.15) is 62.5 Å². The number of benzene rings is 1. The Kier molecular flexibility index (Phi) is 8.23. The number of alkyl halides is 2. The lowest BCUT2D eigenvalue weighted by Crippen LogP contribution is -2.11. The van der Waals surface area contributed by atoms with Gasteiger partial charge in [-0.1, -0.05) is 44.2 Å². The minimum Gasteiger partial charge on any atom is -0.480 e. The lowest BCUT2D eigenvalue weighted by molar-refractivity contribution is 0.296. The maximum atomic E-state index is 6.16. The molecule has 1 aliphatic rings. The maximum Gasteiger partial charge on any atom is 0.150 e. The van der Waals surface area contributed by atoms with Crippen LogP contribution in [0.3, 0.4) is 0 Å². The number of hydrogen-bond donors (Lipinski definition) is 0. The average molecular weight is 421 g/mol. The van der Waals surface area contributed by atoms with Crippen molar-refractivity contribution in [3.05, 3.63) is 29.3 Å². The Balaban J connectivity index is 2.13. The third-order valence-electron chi connectivity index (χ3n) is 4.19. The van der Waals surface area contributed by atoms with Crippen molar-refractivity contribution in [3.63, 3.8) is 0 Å². The summed E-state index contributed by atoms with van der Waals surface area (Å²) in [6.45, 7) is 0. The minimum absolute atomic E-state index is 0.171. The summed E-state index contributed by atoms with van der Waals surface area (Å²) in [6.07, 6.45) is 12.8. The van der Waals surface area contributed by atoms with Gasteiger partial charge in [-0.15, -0.1) is 11.6 Å². The summed E-state index contributed by atoms with van der Waals surface area (Å²) in [7, 11) is 0. The van der Waals surface area contributed by atoms with E-state index in [4.69, 9.17) is 16.3 Å². The molecular weight excluding hydrogens is 395 g/mol. The van der Waals surface area contributed by atoms with Crippen molar-refractivity contribution in [2.75, 3.05) is 5.88 Å². The Bertz CT molecular complexity index is 422. The van der Waals surface area contributed by atoms with Gasteiger partial charge in [0.2, 0.25) is 0 Å². The summed E-state index contributed by atoms with van der Waals surface area (Å²) in [5.41, 5.74) is 2.96. The lowest BCUT2D eigenvalue weighted by Gasteiger charge is -2.18. The van der Waals surface area contributed by atoms with E-state index in [0.29, 0.717) is 5.88 Å². The fourth-order valence-corrected chi connectivity index (χ4v) is 4.17. The molecular formula is C18H26ClIO. The van der Waals surface area contributed by atoms with E-state index >= 15 is 0 Å². The van der Waals surface area contributed by atoms with Crippen molar-refractivity contribution < 1.29 is 4.74 Å². The summed E-state index contributed by atoms with van der Waals surface area (Å²) in [6, 6.07) is 6.58. The molecule has 3 heteroatoms. The fourth-order valence-electron chi connectivity index (χ4n) is 3.02. The van der Waals surface area contributed by atoms with Crippen molar-refractivity contribution in [2.45, 2.75) is 68.3 Å². The summed E-state index contributed by atoms with van der Waals surface area (Å²) >= 11 is 8.18. The molecule has 2 rings (SSSR count). The molecule has 0 N–H and O–H groups in total. The van der Waals surface area contributed by atoms with E-state index in [9.17, 15) is 0 Å². The van der Waals surface area contributed by atoms with E-state index in [-0.39, 0.29) is 4.11 Å². The number of halogens is 2. The number of rotatable bonds is 4. The first-order chi connectivity index (χ1) is 10.3. The maximum absolute atomic E-state index is 6.16. The van der Waals surface area contributed by atoms with E-state index in [1.54, 1.807) is 0 Å². The van der Waals surface area contributed by atoms with Crippen LogP contribution >= 0.6 is 34.2 Å². The van der Waals surface area contributed by atoms with Gasteiger partial charge in [-0.2, -0.15) is 0 Å². The van der Waals surface area contributed by atoms with Gasteiger partial charge in [-0.25, -0.2) is 0 Å². The third kappa shape index (κ3) is 5.97. The second-order valence-corrected chi connectivity index (χ2v) is 7.64. The highest BCUT2D eigenvalue weighted by molar-refractivity contribution is 14.1. The van der Waals surface area contributed by atoms with Crippen molar-refractivity contribution >= 4 is 34.2 Å². The number of hydrogen-bond acceptors (Lipinski definition) is 1. The van der Waals surface area contributed by atoms with Gasteiger partial charge in [0.15, 0.2) is 4.11 Å². The molecule has 0 radical (unpaired) electrons. The first kappa shape index (κ1) is 17.4. The third-order valence-corrected chi connectivity index (χ3v) is 5.29. The summed E-state index contributed by atoms with van der Waals surface area (Å²) in [5, 5.41) is 0. The molecule has 118 valence electrons. The first-order valence-electron chi connectivity index (χ1n) is 8.28. The second kappa shape index (κ2) is 9.94. The van der Waals surface area contributed by atoms with Crippen molar-refractivity contribution in [3.8, 4) is 5.75 Å². The van der Waals surface area contributed by atoms with Gasteiger partial charge in [0.05, 0.1) is 0 Å². The highest BCUT2D eigenvalue weighted by Gasteiger charge is 2.13. The highest BCUT2D eigenvalue weighted by Crippen LogP contribution is 2.29. The topological polar surface area (TPSA) is 9.23 Å². The van der Waals surface area contributed by atoms with Gasteiger partial charge < -0.3 is 4.74 Å². The van der Waals surface area contributed by atoms with Crippen LogP contribution in [0.25, 0.3) is 0 Å². The molecule has 1 nitrogen and oxygen atoms in total. The SMILES string of the molecule is ClCC[C@H](I)Oc1cccc2c1CCCCCCCCC2. The second-order valence-electron chi connectivity index (χ2n) is 5.87. The van der Waals surface area contributed by atoms with Crippen molar-refractivity contribution in [2.24, 2.45) is 0 Å². The van der Waals surface area contributed by atoms with Crippen LogP contribution in [-0.2, 0) is 12.8 Å². The zero-order chi connectivity index (χ0) is 14.9. The monoisotopic (exact) mass is 420 g/mol. The summed E-state index contributed by atoms with van der Waals surface area (Å²) < 4.78 is 6.33. The molecule has 0 heterocycles. The summed E-state index contributed by atoms with van der Waals surface area (Å²) in [5.74, 6) is 1.75. The number of fused-ring (bicyclic) bond motifs is 1. The molecule has 0 unspecified atom stereocenters. The molecule has 1 aromatic carbocycles. The van der Waals surface area contributed by atoms with E-state index in [1.165, 1.54) is 62.5 Å². The molecule has 1 aromatic rings. The average Bonchev–Trinajstić information content (AvgIpc) is 2.52. The van der Waals surface area contributed by atoms with Crippen LogP contribution in [-0.4, -0.2) is 9.99 Å². The molecule has 0 bridgehead atoms. The van der Waals surface area contributed by atoms with Gasteiger partial charge >= 0.3 is 0 Å². The molecule has 0 saturated carbocycles. The normalized spacial score (nSPS) is 18.4. The Hall–Kier alpha value is 0.0400. The van der Waals surface area contributed by atoms with Crippen molar-refractivity contribution in [1.29, 1.82) is 0 Å². The van der Waals surface area contributed by atoms with E-state index in [1.807, 2.05) is 0 Å². The Morgan fingerprint density at radius 3 is 2.38 bits per heavy atom. The van der Waals surface area contributed by atoms with E-state index in [0.717, 1.165) is 18.6 Å². The zero-order valence-corrected chi connectivity index (χ0v) is 15.7. The van der Waals surface area contributed by atoms with Crippen LogP contribution in [0.15, 0.2) is 18.2 Å². The van der Waals surface area contributed by atoms with Gasteiger partial charge in [0.1, 0.15) is 5.75 Å². The standard InChI is InChI=1S/C18H26ClIO/c19-14-13-18(20)21-17-12-8-10-15-9-6-4-2-1-3-5-7-11-16(15)17/h8,10,12,18H,1-7,9,11,13-14H2/t18-/m1/s1. The lowest BCUT2D eigenvalue weighted by atomic mass is 9.97. The van der Waals surface area contributed by atoms with Crippen LogP contribution in [0, 0.1) is 0 Å². The Morgan fingerprint density at radius 2 is 1.67 bits per heavy atom. The molecule has 1 aliphatic carbocycles. The predicted molar refractivity (Wildman–Crippen MR) is 99.9 cm³/mol. The quantitative estimate of drug-likeness (QED) is 0.411. The zero-order valence-electron chi connectivity index (χ0n) is 12.8. The van der Waals surface area contributed by atoms with E-state index in [2.05, 4.69) is 40.8 Å². The molecule has 21 heavy (non-hydrogen) atoms. The van der Waals surface area contributed by atoms with Gasteiger partial charge in [0.25, 0.3) is 0 Å². The predicted octanol–water partition coefficient (Wildman–Crippen LogP) is 6.28. The van der Waals surface area contributed by atoms with Crippen molar-refractivity contribution in [1.82, 2.24) is 0 Å². The molecule has 0 amide bonds. The Labute approximate surface area is 147 Å². The van der Waals surface area contributed by atoms with Crippen LogP contribution < -0.4 is 4.74 Å². The minimum atomic E-state index is 0.171. The molecule has 0 saturated heterocycles. The summed E-state index contributed by atoms with van der Waals surface area (Å²) in [4.78, 5) is 0.